The molecule has 0 atom stereocenters. The van der Waals surface area contributed by atoms with Gasteiger partial charge >= 0.3 is 0 Å². The second-order valence-electron chi connectivity index (χ2n) is 4.20. The van der Waals surface area contributed by atoms with Crippen molar-refractivity contribution < 1.29 is 4.39 Å². The highest BCUT2D eigenvalue weighted by molar-refractivity contribution is 7.80. The molecule has 3 nitrogen and oxygen atoms in total. The van der Waals surface area contributed by atoms with Gasteiger partial charge in [-0.2, -0.15) is 0 Å². The van der Waals surface area contributed by atoms with E-state index in [1.54, 1.807) is 12.3 Å². The van der Waals surface area contributed by atoms with Crippen LogP contribution in [0.25, 0.3) is 0 Å². The molecule has 19 heavy (non-hydrogen) atoms. The lowest BCUT2D eigenvalue weighted by atomic mass is 10.1. The fourth-order valence-electron chi connectivity index (χ4n) is 1.84. The third-order valence-corrected chi connectivity index (χ3v) is 2.96. The van der Waals surface area contributed by atoms with Crippen LogP contribution in [-0.2, 0) is 6.54 Å². The Kier molecular flexibility index (Phi) is 4.06. The van der Waals surface area contributed by atoms with E-state index in [2.05, 4.69) is 10.3 Å². The molecule has 1 aromatic heterocycles. The first-order valence-electron chi connectivity index (χ1n) is 5.81. The molecule has 5 heteroatoms. The SMILES string of the molecule is Cc1ccnc(NCc2cccc(F)c2)c1C(N)=S. The fourth-order valence-corrected chi connectivity index (χ4v) is 2.09. The van der Waals surface area contributed by atoms with Crippen molar-refractivity contribution in [2.45, 2.75) is 13.5 Å². The molecule has 0 bridgehead atoms. The molecule has 0 aliphatic heterocycles. The van der Waals surface area contributed by atoms with E-state index in [1.165, 1.54) is 12.1 Å². The van der Waals surface area contributed by atoms with Gasteiger partial charge in [0, 0.05) is 12.7 Å². The Bertz CT molecular complexity index is 613. The number of anilines is 1. The Balaban J connectivity index is 2.20. The van der Waals surface area contributed by atoms with Gasteiger partial charge in [-0.1, -0.05) is 24.4 Å². The summed E-state index contributed by atoms with van der Waals surface area (Å²) in [6, 6.07) is 8.25. The predicted octanol–water partition coefficient (Wildman–Crippen LogP) is 2.78. The summed E-state index contributed by atoms with van der Waals surface area (Å²) in [5, 5.41) is 3.13. The highest BCUT2D eigenvalue weighted by atomic mass is 32.1. The van der Waals surface area contributed by atoms with Crippen LogP contribution in [0, 0.1) is 12.7 Å². The van der Waals surface area contributed by atoms with Gasteiger partial charge in [-0.15, -0.1) is 0 Å². The van der Waals surface area contributed by atoms with Gasteiger partial charge in [-0.05, 0) is 36.2 Å². The quantitative estimate of drug-likeness (QED) is 0.842. The predicted molar refractivity (Wildman–Crippen MR) is 78.6 cm³/mol. The Hall–Kier alpha value is -2.01. The Morgan fingerprint density at radius 1 is 1.42 bits per heavy atom. The lowest BCUT2D eigenvalue weighted by Gasteiger charge is -2.12. The van der Waals surface area contributed by atoms with Gasteiger partial charge in [0.2, 0.25) is 0 Å². The van der Waals surface area contributed by atoms with Crippen molar-refractivity contribution in [2.24, 2.45) is 5.73 Å². The molecule has 0 fully saturated rings. The van der Waals surface area contributed by atoms with Gasteiger partial charge in [-0.25, -0.2) is 9.37 Å². The molecule has 0 spiro atoms. The molecular formula is C14H14FN3S. The molecule has 0 radical (unpaired) electrons. The topological polar surface area (TPSA) is 50.9 Å². The molecule has 0 aliphatic carbocycles. The molecule has 98 valence electrons. The third-order valence-electron chi connectivity index (χ3n) is 2.75. The number of hydrogen-bond donors (Lipinski definition) is 2. The van der Waals surface area contributed by atoms with E-state index >= 15 is 0 Å². The maximum atomic E-state index is 13.1. The van der Waals surface area contributed by atoms with E-state index in [1.807, 2.05) is 19.1 Å². The zero-order valence-electron chi connectivity index (χ0n) is 10.5. The lowest BCUT2D eigenvalue weighted by Crippen LogP contribution is -2.16. The van der Waals surface area contributed by atoms with E-state index in [4.69, 9.17) is 18.0 Å². The van der Waals surface area contributed by atoms with Gasteiger partial charge in [0.1, 0.15) is 16.6 Å². The normalized spacial score (nSPS) is 10.2. The van der Waals surface area contributed by atoms with Crippen molar-refractivity contribution in [3.63, 3.8) is 0 Å². The molecule has 3 N–H and O–H groups in total. The maximum absolute atomic E-state index is 13.1. The minimum Gasteiger partial charge on any atom is -0.389 e. The standard InChI is InChI=1S/C14H14FN3S/c1-9-5-6-17-14(12(9)13(16)19)18-8-10-3-2-4-11(15)7-10/h2-7H,8H2,1H3,(H2,16,19)(H,17,18). The third kappa shape index (κ3) is 3.26. The summed E-state index contributed by atoms with van der Waals surface area (Å²) < 4.78 is 13.1. The smallest absolute Gasteiger partial charge is 0.136 e. The average Bonchev–Trinajstić information content (AvgIpc) is 2.36. The molecule has 0 amide bonds. The van der Waals surface area contributed by atoms with Gasteiger partial charge in [0.15, 0.2) is 0 Å². The molecule has 0 aliphatic rings. The molecule has 0 saturated heterocycles. The van der Waals surface area contributed by atoms with Crippen LogP contribution in [-0.4, -0.2) is 9.97 Å². The van der Waals surface area contributed by atoms with Gasteiger partial charge in [0.05, 0.1) is 5.56 Å². The summed E-state index contributed by atoms with van der Waals surface area (Å²) in [7, 11) is 0. The van der Waals surface area contributed by atoms with E-state index in [0.717, 1.165) is 16.7 Å². The molecule has 1 aromatic carbocycles. The zero-order chi connectivity index (χ0) is 13.8. The van der Waals surface area contributed by atoms with Gasteiger partial charge in [-0.3, -0.25) is 0 Å². The maximum Gasteiger partial charge on any atom is 0.136 e. The highest BCUT2D eigenvalue weighted by Crippen LogP contribution is 2.17. The number of nitrogens with two attached hydrogens (primary N) is 1. The van der Waals surface area contributed by atoms with Gasteiger partial charge in [0.25, 0.3) is 0 Å². The zero-order valence-corrected chi connectivity index (χ0v) is 11.3. The molecule has 0 unspecified atom stereocenters. The number of nitrogens with zero attached hydrogens (tertiary/aromatic N) is 1. The van der Waals surface area contributed by atoms with Gasteiger partial charge < -0.3 is 11.1 Å². The Morgan fingerprint density at radius 3 is 2.89 bits per heavy atom. The van der Waals surface area contributed by atoms with E-state index in [9.17, 15) is 4.39 Å². The number of rotatable bonds is 4. The molecule has 0 saturated carbocycles. The second-order valence-corrected chi connectivity index (χ2v) is 4.64. The van der Waals surface area contributed by atoms with Crippen LogP contribution in [0.1, 0.15) is 16.7 Å². The minimum absolute atomic E-state index is 0.258. The van der Waals surface area contributed by atoms with Crippen LogP contribution in [0.2, 0.25) is 0 Å². The van der Waals surface area contributed by atoms with E-state index < -0.39 is 0 Å². The average molecular weight is 275 g/mol. The van der Waals surface area contributed by atoms with E-state index in [0.29, 0.717) is 17.4 Å². The number of hydrogen-bond acceptors (Lipinski definition) is 3. The van der Waals surface area contributed by atoms with E-state index in [-0.39, 0.29) is 5.82 Å². The molecular weight excluding hydrogens is 261 g/mol. The first-order chi connectivity index (χ1) is 9.08. The van der Waals surface area contributed by atoms with Crippen molar-refractivity contribution in [2.75, 3.05) is 5.32 Å². The number of aryl methyl sites for hydroxylation is 1. The molecule has 2 aromatic rings. The number of benzene rings is 1. The number of thiocarbonyl (C=S) groups is 1. The van der Waals surface area contributed by atoms with Crippen molar-refractivity contribution in [3.8, 4) is 0 Å². The Labute approximate surface area is 116 Å². The summed E-state index contributed by atoms with van der Waals surface area (Å²) in [5.41, 5.74) is 8.22. The lowest BCUT2D eigenvalue weighted by molar-refractivity contribution is 0.626. The summed E-state index contributed by atoms with van der Waals surface area (Å²) in [6.07, 6.45) is 1.69. The van der Waals surface area contributed by atoms with Crippen LogP contribution in [0.4, 0.5) is 10.2 Å². The number of nitrogens with one attached hydrogen (secondary N) is 1. The monoisotopic (exact) mass is 275 g/mol. The summed E-state index contributed by atoms with van der Waals surface area (Å²) >= 11 is 5.03. The first-order valence-corrected chi connectivity index (χ1v) is 6.22. The fraction of sp³-hybridized carbons (Fsp3) is 0.143. The van der Waals surface area contributed by atoms with Crippen LogP contribution in [0.15, 0.2) is 36.5 Å². The number of pyridine rings is 1. The van der Waals surface area contributed by atoms with Crippen LogP contribution >= 0.6 is 12.2 Å². The summed E-state index contributed by atoms with van der Waals surface area (Å²) in [5.74, 6) is 0.364. The van der Waals surface area contributed by atoms with Crippen molar-refractivity contribution in [1.82, 2.24) is 4.98 Å². The Morgan fingerprint density at radius 2 is 2.21 bits per heavy atom. The summed E-state index contributed by atoms with van der Waals surface area (Å²) in [4.78, 5) is 4.52. The summed E-state index contributed by atoms with van der Waals surface area (Å²) in [6.45, 7) is 2.38. The number of aromatic nitrogens is 1. The highest BCUT2D eigenvalue weighted by Gasteiger charge is 2.09. The van der Waals surface area contributed by atoms with Crippen LogP contribution < -0.4 is 11.1 Å². The van der Waals surface area contributed by atoms with Crippen LogP contribution in [0.3, 0.4) is 0 Å². The molecule has 2 rings (SSSR count). The largest absolute Gasteiger partial charge is 0.389 e. The van der Waals surface area contributed by atoms with Crippen molar-refractivity contribution in [3.05, 3.63) is 59.0 Å². The van der Waals surface area contributed by atoms with Crippen molar-refractivity contribution >= 4 is 23.0 Å². The number of halogens is 1. The first kappa shape index (κ1) is 13.4. The van der Waals surface area contributed by atoms with Crippen molar-refractivity contribution in [1.29, 1.82) is 0 Å². The molecule has 1 heterocycles. The van der Waals surface area contributed by atoms with Crippen LogP contribution in [0.5, 0.6) is 0 Å². The minimum atomic E-state index is -0.258. The second kappa shape index (κ2) is 5.75.